The van der Waals surface area contributed by atoms with Crippen LogP contribution in [0.3, 0.4) is 0 Å². The van der Waals surface area contributed by atoms with Crippen molar-refractivity contribution in [1.29, 1.82) is 0 Å². The van der Waals surface area contributed by atoms with Gasteiger partial charge in [0.15, 0.2) is 5.65 Å². The third-order valence-corrected chi connectivity index (χ3v) is 5.84. The highest BCUT2D eigenvalue weighted by Gasteiger charge is 2.14. The lowest BCUT2D eigenvalue weighted by atomic mass is 10.2. The number of rotatable bonds is 7. The van der Waals surface area contributed by atoms with Crippen LogP contribution in [0, 0.1) is 0 Å². The molecule has 0 aliphatic rings. The number of H-pyrrole nitrogens is 1. The summed E-state index contributed by atoms with van der Waals surface area (Å²) < 4.78 is 23.8. The number of halogens is 1. The molecule has 4 aromatic rings. The summed E-state index contributed by atoms with van der Waals surface area (Å²) in [6, 6.07) is 16.3. The van der Waals surface area contributed by atoms with Crippen LogP contribution in [0.1, 0.15) is 0 Å². The topological polar surface area (TPSA) is 77.1 Å². The van der Waals surface area contributed by atoms with Crippen LogP contribution in [0.25, 0.3) is 22.6 Å². The van der Waals surface area contributed by atoms with Gasteiger partial charge in [0.05, 0.1) is 34.7 Å². The molecule has 0 fully saturated rings. The lowest BCUT2D eigenvalue weighted by molar-refractivity contribution is 0.339. The van der Waals surface area contributed by atoms with E-state index in [-0.39, 0.29) is 6.61 Å². The maximum Gasteiger partial charge on any atom is 0.178 e. The molecule has 6 nitrogen and oxygen atoms in total. The molecule has 4 rings (SSSR count). The Bertz CT molecular complexity index is 1150. The molecule has 0 saturated carbocycles. The molecular formula is C21H18ClN3O3S. The van der Waals surface area contributed by atoms with Crippen molar-refractivity contribution in [2.45, 2.75) is 4.90 Å². The van der Waals surface area contributed by atoms with E-state index < -0.39 is 10.8 Å². The quantitative estimate of drug-likeness (QED) is 0.470. The van der Waals surface area contributed by atoms with Gasteiger partial charge in [-0.2, -0.15) is 0 Å². The van der Waals surface area contributed by atoms with Crippen molar-refractivity contribution in [1.82, 2.24) is 15.0 Å². The molecule has 0 spiro atoms. The number of nitrogens with zero attached hydrogens (tertiary/aromatic N) is 2. The van der Waals surface area contributed by atoms with E-state index >= 15 is 0 Å². The molecule has 0 bridgehead atoms. The minimum absolute atomic E-state index is 0.262. The molecule has 8 heteroatoms. The summed E-state index contributed by atoms with van der Waals surface area (Å²) in [4.78, 5) is 12.7. The standard InChI is InChI=1S/C21H18ClN3O3S/c1-27-15-7-8-17(20-24-18-6-3-9-23-21(18)25-20)19(13-15)28-10-11-29(26)16-5-2-4-14(22)12-16/h2-9,12-13H,10-11H2,1H3,(H,23,24,25). The molecule has 0 aliphatic carbocycles. The van der Waals surface area contributed by atoms with Crippen LogP contribution in [-0.4, -0.2) is 38.6 Å². The summed E-state index contributed by atoms with van der Waals surface area (Å²) in [5, 5.41) is 0.561. The van der Waals surface area contributed by atoms with E-state index in [9.17, 15) is 4.21 Å². The average Bonchev–Trinajstić information content (AvgIpc) is 3.17. The molecule has 2 aromatic heterocycles. The number of pyridine rings is 1. The van der Waals surface area contributed by atoms with Gasteiger partial charge in [-0.05, 0) is 42.5 Å². The zero-order valence-electron chi connectivity index (χ0n) is 15.6. The number of methoxy groups -OCH3 is 1. The summed E-state index contributed by atoms with van der Waals surface area (Å²) in [5.74, 6) is 2.23. The predicted octanol–water partition coefficient (Wildman–Crippen LogP) is 4.47. The zero-order valence-corrected chi connectivity index (χ0v) is 17.2. The van der Waals surface area contributed by atoms with Gasteiger partial charge in [0.1, 0.15) is 23.9 Å². The minimum atomic E-state index is -1.21. The van der Waals surface area contributed by atoms with E-state index in [1.54, 1.807) is 43.6 Å². The van der Waals surface area contributed by atoms with E-state index in [1.165, 1.54) is 0 Å². The van der Waals surface area contributed by atoms with Gasteiger partial charge in [0.2, 0.25) is 0 Å². The fourth-order valence-corrected chi connectivity index (χ4v) is 4.09. The SMILES string of the molecule is COc1ccc(-c2nc3ncccc3[nH]2)c(OCCS(=O)c2cccc(Cl)c2)c1. The molecule has 1 unspecified atom stereocenters. The molecule has 29 heavy (non-hydrogen) atoms. The van der Waals surface area contributed by atoms with Crippen molar-refractivity contribution < 1.29 is 13.7 Å². The molecule has 1 atom stereocenters. The molecule has 0 aliphatic heterocycles. The highest BCUT2D eigenvalue weighted by Crippen LogP contribution is 2.32. The molecule has 1 N–H and O–H groups in total. The lowest BCUT2D eigenvalue weighted by Gasteiger charge is -2.12. The number of hydrogen-bond donors (Lipinski definition) is 1. The van der Waals surface area contributed by atoms with Crippen LogP contribution in [0.4, 0.5) is 0 Å². The van der Waals surface area contributed by atoms with E-state index in [2.05, 4.69) is 15.0 Å². The number of nitrogens with one attached hydrogen (secondary N) is 1. The lowest BCUT2D eigenvalue weighted by Crippen LogP contribution is -2.09. The second-order valence-corrected chi connectivity index (χ2v) is 8.18. The van der Waals surface area contributed by atoms with E-state index in [4.69, 9.17) is 21.1 Å². The van der Waals surface area contributed by atoms with Crippen molar-refractivity contribution in [2.75, 3.05) is 19.5 Å². The highest BCUT2D eigenvalue weighted by molar-refractivity contribution is 7.85. The first-order chi connectivity index (χ1) is 14.1. The number of ether oxygens (including phenoxy) is 2. The second-order valence-electron chi connectivity index (χ2n) is 6.18. The van der Waals surface area contributed by atoms with Gasteiger partial charge in [-0.25, -0.2) is 9.97 Å². The summed E-state index contributed by atoms with van der Waals surface area (Å²) in [5.41, 5.74) is 2.25. The Kier molecular flexibility index (Phi) is 5.78. The van der Waals surface area contributed by atoms with Crippen LogP contribution in [-0.2, 0) is 10.8 Å². The van der Waals surface area contributed by atoms with Crippen molar-refractivity contribution >= 4 is 33.6 Å². The number of imidazole rings is 1. The van der Waals surface area contributed by atoms with E-state index in [0.29, 0.717) is 38.6 Å². The first kappa shape index (κ1) is 19.4. The Labute approximate surface area is 175 Å². The van der Waals surface area contributed by atoms with Gasteiger partial charge < -0.3 is 14.5 Å². The zero-order chi connectivity index (χ0) is 20.2. The molecule has 2 aromatic carbocycles. The van der Waals surface area contributed by atoms with Crippen LogP contribution < -0.4 is 9.47 Å². The fraction of sp³-hybridized carbons (Fsp3) is 0.143. The van der Waals surface area contributed by atoms with Crippen molar-refractivity contribution in [3.63, 3.8) is 0 Å². The number of benzene rings is 2. The average molecular weight is 428 g/mol. The third kappa shape index (κ3) is 4.41. The van der Waals surface area contributed by atoms with Crippen LogP contribution >= 0.6 is 11.6 Å². The Morgan fingerprint density at radius 3 is 2.83 bits per heavy atom. The van der Waals surface area contributed by atoms with Gasteiger partial charge in [0, 0.05) is 22.2 Å². The summed E-state index contributed by atoms with van der Waals surface area (Å²) >= 11 is 5.98. The number of fused-ring (bicyclic) bond motifs is 1. The van der Waals surface area contributed by atoms with E-state index in [0.717, 1.165) is 11.1 Å². The normalized spacial score (nSPS) is 12.1. The maximum absolute atomic E-state index is 12.5. The Balaban J connectivity index is 1.55. The van der Waals surface area contributed by atoms with Crippen molar-refractivity contribution in [3.05, 3.63) is 65.8 Å². The van der Waals surface area contributed by atoms with E-state index in [1.807, 2.05) is 24.3 Å². The summed E-state index contributed by atoms with van der Waals surface area (Å²) in [6.45, 7) is 0.262. The van der Waals surface area contributed by atoms with Crippen molar-refractivity contribution in [2.24, 2.45) is 0 Å². The Hall–Kier alpha value is -2.90. The number of aromatic nitrogens is 3. The van der Waals surface area contributed by atoms with Crippen molar-refractivity contribution in [3.8, 4) is 22.9 Å². The monoisotopic (exact) mass is 427 g/mol. The maximum atomic E-state index is 12.5. The van der Waals surface area contributed by atoms with Gasteiger partial charge in [0.25, 0.3) is 0 Å². The Morgan fingerprint density at radius 1 is 1.14 bits per heavy atom. The molecule has 0 amide bonds. The summed E-state index contributed by atoms with van der Waals surface area (Å²) in [7, 11) is 0.383. The first-order valence-electron chi connectivity index (χ1n) is 8.90. The fourth-order valence-electron chi connectivity index (χ4n) is 2.87. The van der Waals surface area contributed by atoms with Crippen LogP contribution in [0.2, 0.25) is 5.02 Å². The number of aromatic amines is 1. The highest BCUT2D eigenvalue weighted by atomic mass is 35.5. The molecule has 0 radical (unpaired) electrons. The Morgan fingerprint density at radius 2 is 2.03 bits per heavy atom. The predicted molar refractivity (Wildman–Crippen MR) is 114 cm³/mol. The summed E-state index contributed by atoms with van der Waals surface area (Å²) in [6.07, 6.45) is 1.70. The minimum Gasteiger partial charge on any atom is -0.497 e. The van der Waals surface area contributed by atoms with Gasteiger partial charge in [-0.1, -0.05) is 17.7 Å². The van der Waals surface area contributed by atoms with Gasteiger partial charge in [-0.15, -0.1) is 0 Å². The molecule has 2 heterocycles. The van der Waals surface area contributed by atoms with Crippen LogP contribution in [0.5, 0.6) is 11.5 Å². The van der Waals surface area contributed by atoms with Gasteiger partial charge in [-0.3, -0.25) is 4.21 Å². The number of hydrogen-bond acceptors (Lipinski definition) is 5. The largest absolute Gasteiger partial charge is 0.497 e. The third-order valence-electron chi connectivity index (χ3n) is 4.29. The molecule has 148 valence electrons. The van der Waals surface area contributed by atoms with Crippen LogP contribution in [0.15, 0.2) is 65.7 Å². The molecular weight excluding hydrogens is 410 g/mol. The smallest absolute Gasteiger partial charge is 0.178 e. The second kappa shape index (κ2) is 8.63. The first-order valence-corrected chi connectivity index (χ1v) is 10.6. The molecule has 0 saturated heterocycles. The van der Waals surface area contributed by atoms with Gasteiger partial charge >= 0.3 is 0 Å².